The highest BCUT2D eigenvalue weighted by molar-refractivity contribution is 5.38. The molecule has 0 aliphatic carbocycles. The van der Waals surface area contributed by atoms with Gasteiger partial charge in [-0.25, -0.2) is 0 Å². The second-order valence-corrected chi connectivity index (χ2v) is 6.04. The molecule has 1 nitrogen and oxygen atoms in total. The number of aryl methyl sites for hydroxylation is 3. The number of rotatable bonds is 6. The van der Waals surface area contributed by atoms with Crippen molar-refractivity contribution in [2.75, 3.05) is 7.05 Å². The van der Waals surface area contributed by atoms with E-state index in [-0.39, 0.29) is 0 Å². The van der Waals surface area contributed by atoms with Crippen molar-refractivity contribution in [3.8, 4) is 0 Å². The maximum Gasteiger partial charge on any atom is 0.0105 e. The van der Waals surface area contributed by atoms with E-state index in [1.165, 1.54) is 35.1 Å². The summed E-state index contributed by atoms with van der Waals surface area (Å²) in [6.07, 6.45) is 3.72. The van der Waals surface area contributed by atoms with Gasteiger partial charge in [-0.1, -0.05) is 31.5 Å². The van der Waals surface area contributed by atoms with Gasteiger partial charge in [0.1, 0.15) is 0 Å². The van der Waals surface area contributed by atoms with Gasteiger partial charge in [0.2, 0.25) is 0 Å². The molecule has 1 unspecified atom stereocenters. The quantitative estimate of drug-likeness (QED) is 0.795. The van der Waals surface area contributed by atoms with Gasteiger partial charge in [0.05, 0.1) is 0 Å². The fourth-order valence-electron chi connectivity index (χ4n) is 2.66. The lowest BCUT2D eigenvalue weighted by atomic mass is 9.92. The molecule has 0 saturated heterocycles. The topological polar surface area (TPSA) is 12.0 Å². The zero-order chi connectivity index (χ0) is 13.7. The van der Waals surface area contributed by atoms with Crippen LogP contribution in [0.4, 0.5) is 0 Å². The van der Waals surface area contributed by atoms with Gasteiger partial charge < -0.3 is 5.32 Å². The third-order valence-electron chi connectivity index (χ3n) is 3.79. The maximum atomic E-state index is 3.47. The highest BCUT2D eigenvalue weighted by Crippen LogP contribution is 2.20. The molecule has 0 saturated carbocycles. The lowest BCUT2D eigenvalue weighted by molar-refractivity contribution is 0.450. The van der Waals surface area contributed by atoms with Gasteiger partial charge in [-0.15, -0.1) is 0 Å². The minimum absolute atomic E-state index is 0.604. The van der Waals surface area contributed by atoms with Crippen LogP contribution < -0.4 is 5.32 Å². The molecule has 0 amide bonds. The largest absolute Gasteiger partial charge is 0.317 e. The Morgan fingerprint density at radius 3 is 2.00 bits per heavy atom. The normalized spacial score (nSPS) is 13.1. The third kappa shape index (κ3) is 4.45. The fourth-order valence-corrected chi connectivity index (χ4v) is 2.66. The van der Waals surface area contributed by atoms with Gasteiger partial charge in [0.15, 0.2) is 0 Å². The van der Waals surface area contributed by atoms with E-state index >= 15 is 0 Å². The van der Waals surface area contributed by atoms with Gasteiger partial charge in [-0.2, -0.15) is 0 Å². The van der Waals surface area contributed by atoms with E-state index in [1.54, 1.807) is 0 Å². The van der Waals surface area contributed by atoms with Crippen molar-refractivity contribution in [1.29, 1.82) is 0 Å². The Kier molecular flexibility index (Phi) is 5.87. The van der Waals surface area contributed by atoms with Crippen molar-refractivity contribution in [1.82, 2.24) is 5.32 Å². The molecule has 18 heavy (non-hydrogen) atoms. The summed E-state index contributed by atoms with van der Waals surface area (Å²) >= 11 is 0. The predicted octanol–water partition coefficient (Wildman–Crippen LogP) is 4.18. The predicted molar refractivity (Wildman–Crippen MR) is 81.3 cm³/mol. The Balaban J connectivity index is 2.75. The molecule has 1 N–H and O–H groups in total. The first-order valence-electron chi connectivity index (χ1n) is 7.18. The summed E-state index contributed by atoms with van der Waals surface area (Å²) in [5.74, 6) is 0.793. The number of hydrogen-bond acceptors (Lipinski definition) is 1. The Labute approximate surface area is 113 Å². The lowest BCUT2D eigenvalue weighted by Gasteiger charge is -2.20. The number of nitrogens with one attached hydrogen (secondary N) is 1. The molecule has 0 spiro atoms. The van der Waals surface area contributed by atoms with Crippen LogP contribution in [0.2, 0.25) is 0 Å². The highest BCUT2D eigenvalue weighted by atomic mass is 14.9. The summed E-state index contributed by atoms with van der Waals surface area (Å²) in [7, 11) is 2.09. The van der Waals surface area contributed by atoms with Crippen LogP contribution in [0.1, 0.15) is 48.9 Å². The lowest BCUT2D eigenvalue weighted by Crippen LogP contribution is -2.28. The molecule has 0 bridgehead atoms. The molecule has 1 aromatic carbocycles. The summed E-state index contributed by atoms with van der Waals surface area (Å²) in [5, 5.41) is 3.47. The molecule has 0 radical (unpaired) electrons. The Morgan fingerprint density at radius 1 is 1.00 bits per heavy atom. The van der Waals surface area contributed by atoms with Crippen LogP contribution in [0.3, 0.4) is 0 Å². The monoisotopic (exact) mass is 247 g/mol. The Bertz CT molecular complexity index is 356. The molecule has 0 aliphatic rings. The summed E-state index contributed by atoms with van der Waals surface area (Å²) in [4.78, 5) is 0. The summed E-state index contributed by atoms with van der Waals surface area (Å²) in [6, 6.07) is 5.21. The molecule has 102 valence electrons. The van der Waals surface area contributed by atoms with Crippen LogP contribution in [0, 0.1) is 26.7 Å². The minimum Gasteiger partial charge on any atom is -0.317 e. The molecule has 1 heteroatoms. The van der Waals surface area contributed by atoms with Crippen LogP contribution >= 0.6 is 0 Å². The second kappa shape index (κ2) is 6.94. The van der Waals surface area contributed by atoms with Crippen LogP contribution in [-0.4, -0.2) is 13.1 Å². The summed E-state index contributed by atoms with van der Waals surface area (Å²) < 4.78 is 0. The molecule has 0 aromatic heterocycles. The van der Waals surface area contributed by atoms with Gasteiger partial charge in [-0.3, -0.25) is 0 Å². The van der Waals surface area contributed by atoms with Gasteiger partial charge in [0.25, 0.3) is 0 Å². The molecular weight excluding hydrogens is 218 g/mol. The first-order chi connectivity index (χ1) is 8.43. The molecule has 0 heterocycles. The third-order valence-corrected chi connectivity index (χ3v) is 3.79. The van der Waals surface area contributed by atoms with Crippen molar-refractivity contribution in [2.45, 2.75) is 59.9 Å². The first-order valence-corrected chi connectivity index (χ1v) is 7.18. The Morgan fingerprint density at radius 2 is 1.56 bits per heavy atom. The van der Waals surface area contributed by atoms with Gasteiger partial charge in [0, 0.05) is 6.04 Å². The van der Waals surface area contributed by atoms with E-state index in [0.717, 1.165) is 12.3 Å². The van der Waals surface area contributed by atoms with Crippen LogP contribution in [-0.2, 0) is 6.42 Å². The first kappa shape index (κ1) is 15.2. The van der Waals surface area contributed by atoms with Crippen molar-refractivity contribution < 1.29 is 0 Å². The molecule has 0 aliphatic heterocycles. The SMILES string of the molecule is CNC(CCC(C)C)Cc1c(C)cc(C)cc1C. The smallest absolute Gasteiger partial charge is 0.0105 e. The zero-order valence-corrected chi connectivity index (χ0v) is 12.9. The number of benzene rings is 1. The molecular formula is C17H29N. The van der Waals surface area contributed by atoms with E-state index in [0.29, 0.717) is 6.04 Å². The van der Waals surface area contributed by atoms with E-state index < -0.39 is 0 Å². The molecule has 0 fully saturated rings. The van der Waals surface area contributed by atoms with Crippen molar-refractivity contribution >= 4 is 0 Å². The average molecular weight is 247 g/mol. The van der Waals surface area contributed by atoms with E-state index in [9.17, 15) is 0 Å². The number of hydrogen-bond donors (Lipinski definition) is 1. The van der Waals surface area contributed by atoms with Crippen LogP contribution in [0.5, 0.6) is 0 Å². The minimum atomic E-state index is 0.604. The average Bonchev–Trinajstić information content (AvgIpc) is 2.26. The zero-order valence-electron chi connectivity index (χ0n) is 12.9. The molecule has 1 aromatic rings. The van der Waals surface area contributed by atoms with Crippen molar-refractivity contribution in [3.63, 3.8) is 0 Å². The summed E-state index contributed by atoms with van der Waals surface area (Å²) in [6.45, 7) is 11.3. The summed E-state index contributed by atoms with van der Waals surface area (Å²) in [5.41, 5.74) is 5.79. The maximum absolute atomic E-state index is 3.47. The second-order valence-electron chi connectivity index (χ2n) is 6.04. The van der Waals surface area contributed by atoms with Crippen molar-refractivity contribution in [2.24, 2.45) is 5.92 Å². The van der Waals surface area contributed by atoms with Gasteiger partial charge >= 0.3 is 0 Å². The molecule has 1 atom stereocenters. The Hall–Kier alpha value is -0.820. The van der Waals surface area contributed by atoms with Crippen LogP contribution in [0.25, 0.3) is 0 Å². The van der Waals surface area contributed by atoms with Crippen LogP contribution in [0.15, 0.2) is 12.1 Å². The van der Waals surface area contributed by atoms with Crippen molar-refractivity contribution in [3.05, 3.63) is 34.4 Å². The number of likely N-dealkylation sites (N-methyl/N-ethyl adjacent to an activating group) is 1. The van der Waals surface area contributed by atoms with E-state index in [1.807, 2.05) is 0 Å². The fraction of sp³-hybridized carbons (Fsp3) is 0.647. The molecule has 1 rings (SSSR count). The van der Waals surface area contributed by atoms with E-state index in [4.69, 9.17) is 0 Å². The highest BCUT2D eigenvalue weighted by Gasteiger charge is 2.12. The standard InChI is InChI=1S/C17H29N/c1-12(2)7-8-16(18-6)11-17-14(4)9-13(3)10-15(17)5/h9-10,12,16,18H,7-8,11H2,1-6H3. The van der Waals surface area contributed by atoms with E-state index in [2.05, 4.69) is 59.1 Å². The van der Waals surface area contributed by atoms with Gasteiger partial charge in [-0.05, 0) is 69.7 Å².